The normalized spacial score (nSPS) is 10.8. The highest BCUT2D eigenvalue weighted by molar-refractivity contribution is 7.33. The predicted molar refractivity (Wildman–Crippen MR) is 50.1 cm³/mol. The van der Waals surface area contributed by atoms with Crippen molar-refractivity contribution in [2.75, 3.05) is 14.2 Å². The molecule has 80 valence electrons. The van der Waals surface area contributed by atoms with Crippen molar-refractivity contribution in [2.24, 2.45) is 0 Å². The molecule has 0 rings (SSSR count). The van der Waals surface area contributed by atoms with E-state index in [0.717, 1.165) is 7.11 Å². The first-order chi connectivity index (χ1) is 6.12. The SMILES string of the molecule is CCCC.COC(=O)O[PH](=O)OC. The standard InChI is InChI=1S/C4H10.C3H7O5P/c1-3-4-2;1-6-3(4)8-9(5)7-2/h3-4H2,1-2H3;9H,1-2H3. The van der Waals surface area contributed by atoms with Gasteiger partial charge in [-0.25, -0.2) is 9.36 Å². The Labute approximate surface area is 79.3 Å². The van der Waals surface area contributed by atoms with Gasteiger partial charge in [0.1, 0.15) is 0 Å². The molecule has 0 amide bonds. The maximum Gasteiger partial charge on any atom is 0.514 e. The van der Waals surface area contributed by atoms with Crippen LogP contribution in [-0.4, -0.2) is 20.4 Å². The van der Waals surface area contributed by atoms with Crippen molar-refractivity contribution in [3.05, 3.63) is 0 Å². The molecule has 5 nitrogen and oxygen atoms in total. The number of rotatable bonds is 3. The summed E-state index contributed by atoms with van der Waals surface area (Å²) in [5.41, 5.74) is 0. The minimum atomic E-state index is -2.66. The lowest BCUT2D eigenvalue weighted by Crippen LogP contribution is -1.97. The van der Waals surface area contributed by atoms with Crippen molar-refractivity contribution in [1.82, 2.24) is 0 Å². The molecule has 0 aliphatic rings. The molecule has 0 aromatic rings. The second kappa shape index (κ2) is 11.5. The lowest BCUT2D eigenvalue weighted by atomic mass is 10.4. The highest BCUT2D eigenvalue weighted by atomic mass is 31.1. The molecule has 1 atom stereocenters. The third-order valence-corrected chi connectivity index (χ3v) is 1.67. The maximum absolute atomic E-state index is 10.2. The Bertz CT molecular complexity index is 132. The molecule has 6 heteroatoms. The van der Waals surface area contributed by atoms with Gasteiger partial charge in [0, 0.05) is 7.11 Å². The number of carbonyl (C=O) groups is 1. The van der Waals surface area contributed by atoms with Crippen molar-refractivity contribution >= 4 is 14.4 Å². The Kier molecular flexibility index (Phi) is 13.2. The lowest BCUT2D eigenvalue weighted by Gasteiger charge is -1.98. The molecule has 1 unspecified atom stereocenters. The van der Waals surface area contributed by atoms with Gasteiger partial charge in [-0.3, -0.25) is 0 Å². The molecule has 0 N–H and O–H groups in total. The predicted octanol–water partition coefficient (Wildman–Crippen LogP) is 2.61. The van der Waals surface area contributed by atoms with Gasteiger partial charge in [-0.1, -0.05) is 26.7 Å². The molecular formula is C7H17O5P. The number of carbonyl (C=O) groups excluding carboxylic acids is 1. The average Bonchev–Trinajstić information content (AvgIpc) is 2.17. The number of methoxy groups -OCH3 is 1. The van der Waals surface area contributed by atoms with Gasteiger partial charge in [-0.05, 0) is 0 Å². The maximum atomic E-state index is 10.2. The molecule has 0 aliphatic carbocycles. The molecule has 0 aliphatic heterocycles. The van der Waals surface area contributed by atoms with Gasteiger partial charge in [-0.15, -0.1) is 0 Å². The van der Waals surface area contributed by atoms with E-state index in [4.69, 9.17) is 0 Å². The zero-order chi connectivity index (χ0) is 10.7. The molecule has 0 spiro atoms. The summed E-state index contributed by atoms with van der Waals surface area (Å²) >= 11 is 0. The van der Waals surface area contributed by atoms with E-state index in [1.165, 1.54) is 20.0 Å². The van der Waals surface area contributed by atoms with Crippen LogP contribution in [0.1, 0.15) is 26.7 Å². The monoisotopic (exact) mass is 212 g/mol. The largest absolute Gasteiger partial charge is 0.514 e. The molecule has 0 heterocycles. The van der Waals surface area contributed by atoms with Gasteiger partial charge in [0.15, 0.2) is 0 Å². The van der Waals surface area contributed by atoms with Gasteiger partial charge < -0.3 is 13.8 Å². The first-order valence-electron chi connectivity index (χ1n) is 3.96. The van der Waals surface area contributed by atoms with Crippen LogP contribution >= 0.6 is 8.25 Å². The summed E-state index contributed by atoms with van der Waals surface area (Å²) in [5, 5.41) is 0. The van der Waals surface area contributed by atoms with Crippen LogP contribution in [0.5, 0.6) is 0 Å². The summed E-state index contributed by atoms with van der Waals surface area (Å²) in [6, 6.07) is 0. The fraction of sp³-hybridized carbons (Fsp3) is 0.857. The number of unbranched alkanes of at least 4 members (excludes halogenated alkanes) is 1. The second-order valence-corrected chi connectivity index (χ2v) is 3.12. The van der Waals surface area contributed by atoms with Gasteiger partial charge in [0.2, 0.25) is 0 Å². The Morgan fingerprint density at radius 1 is 1.23 bits per heavy atom. The van der Waals surface area contributed by atoms with Crippen LogP contribution in [-0.2, 0) is 18.3 Å². The van der Waals surface area contributed by atoms with Crippen molar-refractivity contribution < 1.29 is 23.1 Å². The van der Waals surface area contributed by atoms with Crippen LogP contribution in [0.2, 0.25) is 0 Å². The molecule has 13 heavy (non-hydrogen) atoms. The lowest BCUT2D eigenvalue weighted by molar-refractivity contribution is 0.118. The van der Waals surface area contributed by atoms with E-state index in [2.05, 4.69) is 27.6 Å². The molecule has 0 aromatic carbocycles. The van der Waals surface area contributed by atoms with Crippen LogP contribution in [0.25, 0.3) is 0 Å². The van der Waals surface area contributed by atoms with E-state index < -0.39 is 14.4 Å². The van der Waals surface area contributed by atoms with Crippen molar-refractivity contribution in [3.63, 3.8) is 0 Å². The number of ether oxygens (including phenoxy) is 1. The van der Waals surface area contributed by atoms with Gasteiger partial charge in [0.25, 0.3) is 0 Å². The van der Waals surface area contributed by atoms with Crippen molar-refractivity contribution in [3.8, 4) is 0 Å². The van der Waals surface area contributed by atoms with E-state index in [9.17, 15) is 9.36 Å². The van der Waals surface area contributed by atoms with E-state index in [0.29, 0.717) is 0 Å². The average molecular weight is 212 g/mol. The summed E-state index contributed by atoms with van der Waals surface area (Å²) in [6.07, 6.45) is 1.64. The van der Waals surface area contributed by atoms with Gasteiger partial charge in [0.05, 0.1) is 7.11 Å². The smallest absolute Gasteiger partial charge is 0.437 e. The molecular weight excluding hydrogens is 195 g/mol. The van der Waals surface area contributed by atoms with E-state index >= 15 is 0 Å². The second-order valence-electron chi connectivity index (χ2n) is 2.01. The van der Waals surface area contributed by atoms with Crippen molar-refractivity contribution in [1.29, 1.82) is 0 Å². The van der Waals surface area contributed by atoms with Crippen LogP contribution in [0, 0.1) is 0 Å². The third kappa shape index (κ3) is 14.3. The first kappa shape index (κ1) is 15.0. The Morgan fingerprint density at radius 2 is 1.69 bits per heavy atom. The molecule has 0 saturated heterocycles. The molecule has 0 bridgehead atoms. The molecule has 0 aromatic heterocycles. The summed E-state index contributed by atoms with van der Waals surface area (Å²) < 4.78 is 22.4. The van der Waals surface area contributed by atoms with Crippen LogP contribution in [0.15, 0.2) is 0 Å². The van der Waals surface area contributed by atoms with E-state index in [1.807, 2.05) is 0 Å². The zero-order valence-corrected chi connectivity index (χ0v) is 9.46. The Hall–Kier alpha value is -0.540. The summed E-state index contributed by atoms with van der Waals surface area (Å²) in [4.78, 5) is 10.1. The Morgan fingerprint density at radius 3 is 1.92 bits per heavy atom. The Balaban J connectivity index is 0. The zero-order valence-electron chi connectivity index (χ0n) is 8.46. The highest BCUT2D eigenvalue weighted by Gasteiger charge is 2.04. The van der Waals surface area contributed by atoms with Gasteiger partial charge >= 0.3 is 14.4 Å². The third-order valence-electron chi connectivity index (χ3n) is 1.000. The summed E-state index contributed by atoms with van der Waals surface area (Å²) in [5.74, 6) is 0. The number of hydrogen-bond acceptors (Lipinski definition) is 5. The van der Waals surface area contributed by atoms with Crippen LogP contribution in [0.4, 0.5) is 4.79 Å². The quantitative estimate of drug-likeness (QED) is 0.531. The molecule has 0 fully saturated rings. The first-order valence-corrected chi connectivity index (χ1v) is 5.18. The van der Waals surface area contributed by atoms with Gasteiger partial charge in [-0.2, -0.15) is 0 Å². The van der Waals surface area contributed by atoms with Crippen LogP contribution in [0.3, 0.4) is 0 Å². The minimum Gasteiger partial charge on any atom is -0.437 e. The van der Waals surface area contributed by atoms with E-state index in [-0.39, 0.29) is 0 Å². The number of hydrogen-bond donors (Lipinski definition) is 0. The van der Waals surface area contributed by atoms with E-state index in [1.54, 1.807) is 0 Å². The summed E-state index contributed by atoms with van der Waals surface area (Å²) in [7, 11) is -0.376. The highest BCUT2D eigenvalue weighted by Crippen LogP contribution is 2.21. The topological polar surface area (TPSA) is 61.8 Å². The fourth-order valence-corrected chi connectivity index (χ4v) is 0.454. The molecule has 0 saturated carbocycles. The minimum absolute atomic E-state index is 0.999. The summed E-state index contributed by atoms with van der Waals surface area (Å²) in [6.45, 7) is 4.36. The van der Waals surface area contributed by atoms with Crippen LogP contribution < -0.4 is 0 Å². The fourth-order valence-electron chi connectivity index (χ4n) is 0.151. The molecule has 0 radical (unpaired) electrons. The van der Waals surface area contributed by atoms with Crippen molar-refractivity contribution in [2.45, 2.75) is 26.7 Å².